The third-order valence-electron chi connectivity index (χ3n) is 5.31. The minimum atomic E-state index is -0.00947. The molecule has 1 saturated heterocycles. The highest BCUT2D eigenvalue weighted by atomic mass is 16.5. The molecule has 3 unspecified atom stereocenters. The molecule has 3 aromatic carbocycles. The number of hydrogen-bond acceptors (Lipinski definition) is 1. The van der Waals surface area contributed by atoms with Crippen LogP contribution in [0.25, 0.3) is 10.8 Å². The third-order valence-corrected chi connectivity index (χ3v) is 5.31. The van der Waals surface area contributed by atoms with Crippen LogP contribution in [-0.4, -0.2) is 6.10 Å². The Labute approximate surface area is 124 Å². The fourth-order valence-corrected chi connectivity index (χ4v) is 4.43. The van der Waals surface area contributed by atoms with Gasteiger partial charge in [-0.15, -0.1) is 0 Å². The molecule has 1 fully saturated rings. The van der Waals surface area contributed by atoms with Gasteiger partial charge in [0, 0.05) is 0 Å². The maximum atomic E-state index is 6.19. The molecule has 0 radical (unpaired) electrons. The van der Waals surface area contributed by atoms with Gasteiger partial charge >= 0.3 is 0 Å². The fraction of sp³-hybridized carbons (Fsp3) is 0.200. The van der Waals surface area contributed by atoms with Gasteiger partial charge in [0.25, 0.3) is 0 Å². The van der Waals surface area contributed by atoms with Crippen LogP contribution in [-0.2, 0) is 10.2 Å². The normalized spacial score (nSPS) is 29.2. The summed E-state index contributed by atoms with van der Waals surface area (Å²) in [5.41, 5.74) is 4.15. The zero-order chi connectivity index (χ0) is 14.0. The molecule has 102 valence electrons. The minimum Gasteiger partial charge on any atom is -0.368 e. The second-order valence-corrected chi connectivity index (χ2v) is 6.14. The smallest absolute Gasteiger partial charge is 0.0997 e. The quantitative estimate of drug-likeness (QED) is 0.629. The van der Waals surface area contributed by atoms with Gasteiger partial charge < -0.3 is 4.74 Å². The van der Waals surface area contributed by atoms with Crippen LogP contribution in [0.15, 0.2) is 66.7 Å². The Morgan fingerprint density at radius 3 is 2.38 bits per heavy atom. The van der Waals surface area contributed by atoms with Crippen molar-refractivity contribution in [1.82, 2.24) is 0 Å². The topological polar surface area (TPSA) is 9.23 Å². The van der Waals surface area contributed by atoms with Crippen molar-refractivity contribution < 1.29 is 4.74 Å². The molecule has 0 amide bonds. The number of rotatable bonds is 1. The first kappa shape index (κ1) is 11.5. The molecule has 3 atom stereocenters. The van der Waals surface area contributed by atoms with Crippen LogP contribution in [0.2, 0.25) is 0 Å². The lowest BCUT2D eigenvalue weighted by Crippen LogP contribution is -2.54. The van der Waals surface area contributed by atoms with Crippen molar-refractivity contribution >= 4 is 10.8 Å². The summed E-state index contributed by atoms with van der Waals surface area (Å²) in [5, 5.41) is 2.73. The van der Waals surface area contributed by atoms with E-state index in [0.29, 0.717) is 0 Å². The monoisotopic (exact) mass is 272 g/mol. The van der Waals surface area contributed by atoms with Crippen molar-refractivity contribution in [2.75, 3.05) is 0 Å². The van der Waals surface area contributed by atoms with Gasteiger partial charge in [0.2, 0.25) is 0 Å². The van der Waals surface area contributed by atoms with E-state index in [1.165, 1.54) is 27.5 Å². The first-order valence-electron chi connectivity index (χ1n) is 7.56. The predicted octanol–water partition coefficient (Wildman–Crippen LogP) is 4.60. The Morgan fingerprint density at radius 2 is 1.62 bits per heavy atom. The molecule has 1 aliphatic carbocycles. The SMILES string of the molecule is CC1OC2c3cccc4cccc(c34)C12c1ccccc1. The van der Waals surface area contributed by atoms with Gasteiger partial charge in [0.15, 0.2) is 0 Å². The van der Waals surface area contributed by atoms with Gasteiger partial charge in [0.05, 0.1) is 17.6 Å². The van der Waals surface area contributed by atoms with E-state index in [4.69, 9.17) is 4.74 Å². The summed E-state index contributed by atoms with van der Waals surface area (Å²) in [6.07, 6.45) is 0.374. The van der Waals surface area contributed by atoms with E-state index in [1.807, 2.05) is 0 Å². The molecule has 1 heteroatoms. The van der Waals surface area contributed by atoms with E-state index in [1.54, 1.807) is 0 Å². The van der Waals surface area contributed by atoms with Crippen LogP contribution in [0.1, 0.15) is 29.7 Å². The number of benzene rings is 3. The van der Waals surface area contributed by atoms with Crippen LogP contribution in [0.3, 0.4) is 0 Å². The highest BCUT2D eigenvalue weighted by molar-refractivity contribution is 5.94. The maximum absolute atomic E-state index is 6.19. The van der Waals surface area contributed by atoms with Gasteiger partial charge in [-0.25, -0.2) is 0 Å². The predicted molar refractivity (Wildman–Crippen MR) is 84.5 cm³/mol. The first-order chi connectivity index (χ1) is 10.3. The lowest BCUT2D eigenvalue weighted by Gasteiger charge is -2.52. The Kier molecular flexibility index (Phi) is 2.06. The average Bonchev–Trinajstić information content (AvgIpc) is 2.76. The molecule has 2 aliphatic rings. The Hall–Kier alpha value is -2.12. The van der Waals surface area contributed by atoms with Crippen LogP contribution >= 0.6 is 0 Å². The van der Waals surface area contributed by atoms with Crippen LogP contribution in [0, 0.1) is 0 Å². The Morgan fingerprint density at radius 1 is 0.857 bits per heavy atom. The summed E-state index contributed by atoms with van der Waals surface area (Å²) in [7, 11) is 0. The molecule has 0 spiro atoms. The van der Waals surface area contributed by atoms with Crippen molar-refractivity contribution in [3.05, 3.63) is 83.4 Å². The highest BCUT2D eigenvalue weighted by Crippen LogP contribution is 2.63. The molecule has 1 aliphatic heterocycles. The maximum Gasteiger partial charge on any atom is 0.0997 e. The zero-order valence-electron chi connectivity index (χ0n) is 11.9. The Balaban J connectivity index is 1.90. The minimum absolute atomic E-state index is 0.00947. The molecular weight excluding hydrogens is 256 g/mol. The number of fused-ring (bicyclic) bond motifs is 3. The van der Waals surface area contributed by atoms with E-state index < -0.39 is 0 Å². The van der Waals surface area contributed by atoms with E-state index >= 15 is 0 Å². The summed E-state index contributed by atoms with van der Waals surface area (Å²) in [6.45, 7) is 2.20. The van der Waals surface area contributed by atoms with Crippen molar-refractivity contribution in [3.8, 4) is 0 Å². The van der Waals surface area contributed by atoms with Gasteiger partial charge in [-0.2, -0.15) is 0 Å². The van der Waals surface area contributed by atoms with Gasteiger partial charge in [-0.3, -0.25) is 0 Å². The molecule has 5 rings (SSSR count). The first-order valence-corrected chi connectivity index (χ1v) is 7.56. The van der Waals surface area contributed by atoms with Gasteiger partial charge in [-0.1, -0.05) is 66.7 Å². The third kappa shape index (κ3) is 1.18. The molecule has 0 saturated carbocycles. The van der Waals surface area contributed by atoms with E-state index in [2.05, 4.69) is 73.7 Å². The summed E-state index contributed by atoms with van der Waals surface area (Å²) in [5.74, 6) is 0. The molecule has 1 nitrogen and oxygen atoms in total. The van der Waals surface area contributed by atoms with Crippen molar-refractivity contribution in [3.63, 3.8) is 0 Å². The second-order valence-electron chi connectivity index (χ2n) is 6.14. The van der Waals surface area contributed by atoms with Crippen LogP contribution < -0.4 is 0 Å². The number of ether oxygens (including phenoxy) is 1. The standard InChI is InChI=1S/C20H16O/c1-13-20(15-9-3-2-4-10-15)17-12-6-8-14-7-5-11-16(18(14)17)19(20)21-13/h2-13,19H,1H3. The molecule has 0 bridgehead atoms. The lowest BCUT2D eigenvalue weighted by molar-refractivity contribution is -0.178. The summed E-state index contributed by atoms with van der Waals surface area (Å²) >= 11 is 0. The molecular formula is C20H16O. The van der Waals surface area contributed by atoms with Gasteiger partial charge in [-0.05, 0) is 34.4 Å². The van der Waals surface area contributed by atoms with Crippen LogP contribution in [0.4, 0.5) is 0 Å². The van der Waals surface area contributed by atoms with Crippen molar-refractivity contribution in [2.24, 2.45) is 0 Å². The van der Waals surface area contributed by atoms with Gasteiger partial charge in [0.1, 0.15) is 0 Å². The van der Waals surface area contributed by atoms with Crippen molar-refractivity contribution in [2.45, 2.75) is 24.5 Å². The molecule has 3 aromatic rings. The van der Waals surface area contributed by atoms with E-state index in [0.717, 1.165) is 0 Å². The number of hydrogen-bond donors (Lipinski definition) is 0. The fourth-order valence-electron chi connectivity index (χ4n) is 4.43. The van der Waals surface area contributed by atoms with Crippen LogP contribution in [0.5, 0.6) is 0 Å². The summed E-state index contributed by atoms with van der Waals surface area (Å²) in [4.78, 5) is 0. The summed E-state index contributed by atoms with van der Waals surface area (Å²) in [6, 6.07) is 24.1. The molecule has 21 heavy (non-hydrogen) atoms. The zero-order valence-corrected chi connectivity index (χ0v) is 11.9. The average molecular weight is 272 g/mol. The van der Waals surface area contributed by atoms with Crippen molar-refractivity contribution in [1.29, 1.82) is 0 Å². The molecule has 0 aromatic heterocycles. The largest absolute Gasteiger partial charge is 0.368 e. The summed E-state index contributed by atoms with van der Waals surface area (Å²) < 4.78 is 6.19. The second kappa shape index (κ2) is 3.75. The Bertz CT molecular complexity index is 847. The lowest BCUT2D eigenvalue weighted by atomic mass is 9.65. The van der Waals surface area contributed by atoms with E-state index in [-0.39, 0.29) is 17.6 Å². The highest BCUT2D eigenvalue weighted by Gasteiger charge is 2.61. The molecule has 1 heterocycles. The van der Waals surface area contributed by atoms with E-state index in [9.17, 15) is 0 Å². The molecule has 0 N–H and O–H groups in total.